The van der Waals surface area contributed by atoms with E-state index in [1.165, 1.54) is 30.5 Å². The van der Waals surface area contributed by atoms with Crippen molar-refractivity contribution in [2.24, 2.45) is 0 Å². The second-order valence-corrected chi connectivity index (χ2v) is 5.62. The summed E-state index contributed by atoms with van der Waals surface area (Å²) in [5.41, 5.74) is 5.93. The van der Waals surface area contributed by atoms with Crippen molar-refractivity contribution >= 4 is 17.5 Å². The lowest BCUT2D eigenvalue weighted by molar-refractivity contribution is -0.384. The Hall–Kier alpha value is -4.01. The maximum atomic E-state index is 12.1. The summed E-state index contributed by atoms with van der Waals surface area (Å²) < 4.78 is 1.61. The number of nitrogens with one attached hydrogen (secondary N) is 2. The summed E-state index contributed by atoms with van der Waals surface area (Å²) in [5, 5.41) is 14.7. The fourth-order valence-corrected chi connectivity index (χ4v) is 2.33. The number of hydrogen-bond donors (Lipinski definition) is 2. The Bertz CT molecular complexity index is 967. The molecule has 0 atom stereocenters. The molecule has 0 unspecified atom stereocenters. The van der Waals surface area contributed by atoms with Gasteiger partial charge in [0.2, 0.25) is 0 Å². The highest BCUT2D eigenvalue weighted by Crippen LogP contribution is 2.11. The van der Waals surface area contributed by atoms with E-state index in [-0.39, 0.29) is 16.8 Å². The molecular weight excluding hydrogens is 350 g/mol. The van der Waals surface area contributed by atoms with Gasteiger partial charge in [-0.05, 0) is 17.7 Å². The van der Waals surface area contributed by atoms with Gasteiger partial charge in [0, 0.05) is 23.9 Å². The molecule has 2 aromatic carbocycles. The predicted molar refractivity (Wildman–Crippen MR) is 95.8 cm³/mol. The number of carbonyl (C=O) groups is 2. The summed E-state index contributed by atoms with van der Waals surface area (Å²) in [6, 6.07) is 14.7. The molecule has 0 aliphatic heterocycles. The third-order valence-corrected chi connectivity index (χ3v) is 3.71. The van der Waals surface area contributed by atoms with E-state index in [0.29, 0.717) is 6.54 Å². The Morgan fingerprint density at radius 2 is 1.59 bits per heavy atom. The number of amides is 2. The maximum absolute atomic E-state index is 12.1. The molecule has 0 aliphatic rings. The Morgan fingerprint density at radius 1 is 0.963 bits per heavy atom. The van der Waals surface area contributed by atoms with E-state index in [1.807, 2.05) is 30.3 Å². The first-order chi connectivity index (χ1) is 13.0. The molecule has 0 bridgehead atoms. The van der Waals surface area contributed by atoms with E-state index in [2.05, 4.69) is 16.0 Å². The first-order valence-corrected chi connectivity index (χ1v) is 7.94. The highest BCUT2D eigenvalue weighted by molar-refractivity contribution is 5.98. The van der Waals surface area contributed by atoms with Gasteiger partial charge in [0.25, 0.3) is 17.5 Å². The molecule has 27 heavy (non-hydrogen) atoms. The number of benzene rings is 2. The topological polar surface area (TPSA) is 119 Å². The summed E-state index contributed by atoms with van der Waals surface area (Å²) >= 11 is 0. The molecule has 0 saturated heterocycles. The first kappa shape index (κ1) is 17.8. The van der Waals surface area contributed by atoms with Gasteiger partial charge in [0.1, 0.15) is 0 Å². The number of hydrazine groups is 1. The molecular formula is C18H15N5O4. The molecule has 3 aromatic rings. The predicted octanol–water partition coefficient (Wildman–Crippen LogP) is 1.91. The molecule has 0 saturated carbocycles. The van der Waals surface area contributed by atoms with Crippen LogP contribution in [0.2, 0.25) is 0 Å². The van der Waals surface area contributed by atoms with Crippen LogP contribution in [0, 0.1) is 10.1 Å². The Kier molecular flexibility index (Phi) is 5.22. The van der Waals surface area contributed by atoms with Crippen molar-refractivity contribution in [3.05, 3.63) is 93.8 Å². The average molecular weight is 365 g/mol. The van der Waals surface area contributed by atoms with Crippen molar-refractivity contribution in [3.63, 3.8) is 0 Å². The number of rotatable bonds is 5. The van der Waals surface area contributed by atoms with Crippen LogP contribution in [-0.4, -0.2) is 26.5 Å². The maximum Gasteiger partial charge on any atom is 0.272 e. The highest BCUT2D eigenvalue weighted by Gasteiger charge is 2.12. The number of nitro benzene ring substituents is 1. The van der Waals surface area contributed by atoms with Crippen LogP contribution in [0.4, 0.5) is 5.69 Å². The SMILES string of the molecule is O=C(NNC(=O)c1cnn(Cc2ccccc2)c1)c1ccc([N+](=O)[O-])cc1. The number of nitro groups is 1. The molecule has 136 valence electrons. The molecule has 0 spiro atoms. The van der Waals surface area contributed by atoms with E-state index >= 15 is 0 Å². The van der Waals surface area contributed by atoms with Crippen molar-refractivity contribution in [3.8, 4) is 0 Å². The minimum Gasteiger partial charge on any atom is -0.268 e. The molecule has 3 rings (SSSR count). The van der Waals surface area contributed by atoms with Gasteiger partial charge in [0.15, 0.2) is 0 Å². The monoisotopic (exact) mass is 365 g/mol. The van der Waals surface area contributed by atoms with Gasteiger partial charge in [-0.1, -0.05) is 30.3 Å². The van der Waals surface area contributed by atoms with E-state index < -0.39 is 16.7 Å². The quantitative estimate of drug-likeness (QED) is 0.529. The van der Waals surface area contributed by atoms with Crippen molar-refractivity contribution < 1.29 is 14.5 Å². The van der Waals surface area contributed by atoms with Crippen LogP contribution in [0.1, 0.15) is 26.3 Å². The smallest absolute Gasteiger partial charge is 0.268 e. The number of hydrogen-bond acceptors (Lipinski definition) is 5. The number of nitrogens with zero attached hydrogens (tertiary/aromatic N) is 3. The van der Waals surface area contributed by atoms with Crippen molar-refractivity contribution in [2.75, 3.05) is 0 Å². The van der Waals surface area contributed by atoms with Crippen LogP contribution >= 0.6 is 0 Å². The summed E-state index contributed by atoms with van der Waals surface area (Å²) in [6.45, 7) is 0.517. The molecule has 1 aromatic heterocycles. The van der Waals surface area contributed by atoms with Crippen LogP contribution in [0.15, 0.2) is 67.0 Å². The van der Waals surface area contributed by atoms with Gasteiger partial charge >= 0.3 is 0 Å². The zero-order chi connectivity index (χ0) is 19.2. The molecule has 9 nitrogen and oxygen atoms in total. The third-order valence-electron chi connectivity index (χ3n) is 3.71. The van der Waals surface area contributed by atoms with Crippen LogP contribution in [-0.2, 0) is 6.54 Å². The average Bonchev–Trinajstić information content (AvgIpc) is 3.15. The molecule has 0 aliphatic carbocycles. The van der Waals surface area contributed by atoms with Gasteiger partial charge in [-0.15, -0.1) is 0 Å². The molecule has 2 N–H and O–H groups in total. The second-order valence-electron chi connectivity index (χ2n) is 5.62. The van der Waals surface area contributed by atoms with Gasteiger partial charge in [-0.2, -0.15) is 5.10 Å². The summed E-state index contributed by atoms with van der Waals surface area (Å²) in [5.74, 6) is -1.11. The fraction of sp³-hybridized carbons (Fsp3) is 0.0556. The van der Waals surface area contributed by atoms with Gasteiger partial charge < -0.3 is 0 Å². The summed E-state index contributed by atoms with van der Waals surface area (Å²) in [7, 11) is 0. The molecule has 1 heterocycles. The van der Waals surface area contributed by atoms with Crippen LogP contribution < -0.4 is 10.9 Å². The summed E-state index contributed by atoms with van der Waals surface area (Å²) in [4.78, 5) is 34.2. The normalized spacial score (nSPS) is 10.2. The lowest BCUT2D eigenvalue weighted by atomic mass is 10.2. The number of carbonyl (C=O) groups excluding carboxylic acids is 2. The van der Waals surface area contributed by atoms with Gasteiger partial charge in [-0.25, -0.2) is 0 Å². The van der Waals surface area contributed by atoms with Gasteiger partial charge in [0.05, 0.1) is 23.2 Å². The lowest BCUT2D eigenvalue weighted by Crippen LogP contribution is -2.41. The van der Waals surface area contributed by atoms with Crippen molar-refractivity contribution in [2.45, 2.75) is 6.54 Å². The van der Waals surface area contributed by atoms with E-state index in [4.69, 9.17) is 0 Å². The number of aromatic nitrogens is 2. The van der Waals surface area contributed by atoms with E-state index in [9.17, 15) is 19.7 Å². The standard InChI is InChI=1S/C18H15N5O4/c24-17(14-6-8-16(9-7-14)23(26)27)20-21-18(25)15-10-19-22(12-15)11-13-4-2-1-3-5-13/h1-10,12H,11H2,(H,20,24)(H,21,25). The lowest BCUT2D eigenvalue weighted by Gasteiger charge is -2.06. The molecule has 2 amide bonds. The first-order valence-electron chi connectivity index (χ1n) is 7.94. The van der Waals surface area contributed by atoms with Crippen LogP contribution in [0.25, 0.3) is 0 Å². The zero-order valence-electron chi connectivity index (χ0n) is 14.0. The Morgan fingerprint density at radius 3 is 2.22 bits per heavy atom. The van der Waals surface area contributed by atoms with E-state index in [1.54, 1.807) is 10.9 Å². The van der Waals surface area contributed by atoms with Crippen molar-refractivity contribution in [1.29, 1.82) is 0 Å². The van der Waals surface area contributed by atoms with Crippen molar-refractivity contribution in [1.82, 2.24) is 20.6 Å². The Balaban J connectivity index is 1.56. The Labute approximate surface area is 153 Å². The van der Waals surface area contributed by atoms with Crippen LogP contribution in [0.5, 0.6) is 0 Å². The number of non-ortho nitro benzene ring substituents is 1. The van der Waals surface area contributed by atoms with E-state index in [0.717, 1.165) is 5.56 Å². The third kappa shape index (κ3) is 4.54. The minimum absolute atomic E-state index is 0.124. The van der Waals surface area contributed by atoms with Gasteiger partial charge in [-0.3, -0.25) is 35.2 Å². The highest BCUT2D eigenvalue weighted by atomic mass is 16.6. The molecule has 9 heteroatoms. The molecule has 0 fully saturated rings. The minimum atomic E-state index is -0.588. The fourth-order valence-electron chi connectivity index (χ4n) is 2.33. The molecule has 0 radical (unpaired) electrons. The van der Waals surface area contributed by atoms with Crippen LogP contribution in [0.3, 0.4) is 0 Å². The summed E-state index contributed by atoms with van der Waals surface area (Å²) in [6.07, 6.45) is 2.97. The largest absolute Gasteiger partial charge is 0.272 e. The second kappa shape index (κ2) is 7.91. The zero-order valence-corrected chi connectivity index (χ0v) is 14.0.